The Bertz CT molecular complexity index is 1500. The van der Waals surface area contributed by atoms with Crippen molar-refractivity contribution in [2.24, 2.45) is 5.41 Å². The van der Waals surface area contributed by atoms with Crippen LogP contribution in [-0.4, -0.2) is 127 Å². The molecule has 2 aromatic rings. The zero-order chi connectivity index (χ0) is 35.5. The summed E-state index contributed by atoms with van der Waals surface area (Å²) >= 11 is 6.30. The lowest BCUT2D eigenvalue weighted by Gasteiger charge is -2.46. The van der Waals surface area contributed by atoms with Gasteiger partial charge in [0.2, 0.25) is 0 Å². The molecule has 9 nitrogen and oxygen atoms in total. The van der Waals surface area contributed by atoms with Crippen LogP contribution < -0.4 is 4.90 Å². The number of hydrogen-bond donors (Lipinski definition) is 1. The summed E-state index contributed by atoms with van der Waals surface area (Å²) in [7, 11) is 0. The number of ether oxygens (including phenoxy) is 1. The molecule has 3 saturated heterocycles. The van der Waals surface area contributed by atoms with Gasteiger partial charge in [-0.05, 0) is 106 Å². The first kappa shape index (κ1) is 36.7. The van der Waals surface area contributed by atoms with E-state index in [-0.39, 0.29) is 11.5 Å². The lowest BCUT2D eigenvalue weighted by Crippen LogP contribution is -2.55. The first-order valence-electron chi connectivity index (χ1n) is 18.6. The highest BCUT2D eigenvalue weighted by Crippen LogP contribution is 2.44. The number of carboxylic acids is 1. The topological polar surface area (TPSA) is 79.8 Å². The van der Waals surface area contributed by atoms with E-state index in [0.29, 0.717) is 11.6 Å². The predicted molar refractivity (Wildman–Crippen MR) is 201 cm³/mol. The highest BCUT2D eigenvalue weighted by Gasteiger charge is 2.36. The standard InChI is InChI=1S/C40H56ClN5O4/c1-39(2,3)50-38(49)46-17-14-35(15-18-46)45-25-21-43(22-26-45)29-40(4)16-13-36(30-5-9-33(41)10-6-30)32(27-40)28-42-19-23-44(24-20-42)34-11-7-31(8-12-34)37(47)48/h5-12,35H,13-29H2,1-4H3,(H,47,48). The molecule has 1 unspecified atom stereocenters. The zero-order valence-electron chi connectivity index (χ0n) is 30.5. The van der Waals surface area contributed by atoms with Crippen molar-refractivity contribution in [1.82, 2.24) is 19.6 Å². The van der Waals surface area contributed by atoms with Gasteiger partial charge in [0, 0.05) is 95.3 Å². The summed E-state index contributed by atoms with van der Waals surface area (Å²) in [6, 6.07) is 16.2. The van der Waals surface area contributed by atoms with Gasteiger partial charge in [-0.15, -0.1) is 0 Å². The number of carbonyl (C=O) groups excluding carboxylic acids is 1. The number of carboxylic acid groups (broad SMARTS) is 1. The van der Waals surface area contributed by atoms with Crippen molar-refractivity contribution >= 4 is 34.9 Å². The van der Waals surface area contributed by atoms with Crippen LogP contribution in [0.4, 0.5) is 10.5 Å². The summed E-state index contributed by atoms with van der Waals surface area (Å²) in [5, 5.41) is 10.1. The van der Waals surface area contributed by atoms with Crippen LogP contribution in [0.5, 0.6) is 0 Å². The van der Waals surface area contributed by atoms with Crippen LogP contribution >= 0.6 is 11.6 Å². The molecule has 50 heavy (non-hydrogen) atoms. The molecule has 3 fully saturated rings. The number of allylic oxidation sites excluding steroid dienone is 1. The number of carbonyl (C=O) groups is 2. The maximum Gasteiger partial charge on any atom is 0.410 e. The predicted octanol–water partition coefficient (Wildman–Crippen LogP) is 6.82. The van der Waals surface area contributed by atoms with Gasteiger partial charge in [-0.25, -0.2) is 9.59 Å². The third kappa shape index (κ3) is 9.40. The molecule has 1 atom stereocenters. The molecule has 3 heterocycles. The summed E-state index contributed by atoms with van der Waals surface area (Å²) in [6.07, 6.45) is 5.22. The Kier molecular flexibility index (Phi) is 11.5. The number of halogens is 1. The van der Waals surface area contributed by atoms with Crippen LogP contribution in [-0.2, 0) is 4.74 Å². The Morgan fingerprint density at radius 2 is 1.48 bits per heavy atom. The Morgan fingerprint density at radius 1 is 0.860 bits per heavy atom. The number of likely N-dealkylation sites (tertiary alicyclic amines) is 1. The first-order valence-corrected chi connectivity index (χ1v) is 18.9. The molecule has 3 aliphatic heterocycles. The van der Waals surface area contributed by atoms with Gasteiger partial charge in [0.1, 0.15) is 5.60 Å². The lowest BCUT2D eigenvalue weighted by atomic mass is 9.71. The summed E-state index contributed by atoms with van der Waals surface area (Å²) in [5.41, 5.74) is 5.55. The highest BCUT2D eigenvalue weighted by atomic mass is 35.5. The summed E-state index contributed by atoms with van der Waals surface area (Å²) in [6.45, 7) is 20.1. The van der Waals surface area contributed by atoms with Gasteiger partial charge < -0.3 is 24.5 Å². The van der Waals surface area contributed by atoms with Crippen molar-refractivity contribution in [2.45, 2.75) is 71.4 Å². The van der Waals surface area contributed by atoms with Crippen molar-refractivity contribution in [2.75, 3.05) is 83.4 Å². The van der Waals surface area contributed by atoms with Crippen molar-refractivity contribution < 1.29 is 19.4 Å². The van der Waals surface area contributed by atoms with E-state index in [1.165, 1.54) is 17.6 Å². The average molecular weight is 706 g/mol. The smallest absolute Gasteiger partial charge is 0.410 e. The van der Waals surface area contributed by atoms with Crippen molar-refractivity contribution in [3.05, 3.63) is 70.3 Å². The maximum absolute atomic E-state index is 12.6. The minimum Gasteiger partial charge on any atom is -0.478 e. The molecule has 2 aromatic carbocycles. The molecule has 10 heteroatoms. The molecular formula is C40H56ClN5O4. The normalized spacial score (nSPS) is 23.7. The van der Waals surface area contributed by atoms with Gasteiger partial charge in [-0.2, -0.15) is 0 Å². The fourth-order valence-corrected chi connectivity index (χ4v) is 8.54. The third-order valence-electron chi connectivity index (χ3n) is 11.1. The Hall–Kier alpha value is -3.11. The van der Waals surface area contributed by atoms with Gasteiger partial charge in [0.05, 0.1) is 5.56 Å². The Balaban J connectivity index is 1.04. The van der Waals surface area contributed by atoms with E-state index < -0.39 is 11.6 Å². The number of benzene rings is 2. The molecule has 0 saturated carbocycles. The van der Waals surface area contributed by atoms with Crippen molar-refractivity contribution in [1.29, 1.82) is 0 Å². The number of hydrogen-bond acceptors (Lipinski definition) is 7. The number of rotatable bonds is 8. The van der Waals surface area contributed by atoms with Crippen LogP contribution in [0.25, 0.3) is 5.57 Å². The van der Waals surface area contributed by atoms with Crippen LogP contribution in [0.2, 0.25) is 5.02 Å². The van der Waals surface area contributed by atoms with Crippen molar-refractivity contribution in [3.63, 3.8) is 0 Å². The fraction of sp³-hybridized carbons (Fsp3) is 0.600. The second-order valence-electron chi connectivity index (χ2n) is 16.2. The van der Waals surface area contributed by atoms with Crippen LogP contribution in [0.3, 0.4) is 0 Å². The fourth-order valence-electron chi connectivity index (χ4n) is 8.42. The lowest BCUT2D eigenvalue weighted by molar-refractivity contribution is 0.00768. The summed E-state index contributed by atoms with van der Waals surface area (Å²) in [4.78, 5) is 36.1. The first-order chi connectivity index (χ1) is 23.8. The molecule has 4 aliphatic rings. The quantitative estimate of drug-likeness (QED) is 0.321. The molecule has 1 aliphatic carbocycles. The zero-order valence-corrected chi connectivity index (χ0v) is 31.3. The van der Waals surface area contributed by atoms with Gasteiger partial charge >= 0.3 is 12.1 Å². The summed E-state index contributed by atoms with van der Waals surface area (Å²) in [5.74, 6) is -0.887. The number of nitrogens with zero attached hydrogens (tertiary/aromatic N) is 5. The second-order valence-corrected chi connectivity index (χ2v) is 16.6. The minimum atomic E-state index is -0.887. The molecule has 1 amide bonds. The molecule has 0 aromatic heterocycles. The number of piperazine rings is 2. The van der Waals surface area contributed by atoms with E-state index in [1.54, 1.807) is 17.7 Å². The van der Waals surface area contributed by atoms with Gasteiger partial charge in [0.15, 0.2) is 0 Å². The van der Waals surface area contributed by atoms with E-state index >= 15 is 0 Å². The third-order valence-corrected chi connectivity index (χ3v) is 11.4. The summed E-state index contributed by atoms with van der Waals surface area (Å²) < 4.78 is 5.61. The number of anilines is 1. The Labute approximate surface area is 303 Å². The van der Waals surface area contributed by atoms with Gasteiger partial charge in [-0.3, -0.25) is 9.80 Å². The van der Waals surface area contributed by atoms with E-state index in [1.807, 2.05) is 49.9 Å². The molecule has 0 bridgehead atoms. The number of aromatic carboxylic acids is 1. The monoisotopic (exact) mass is 705 g/mol. The van der Waals surface area contributed by atoms with Gasteiger partial charge in [0.25, 0.3) is 0 Å². The minimum absolute atomic E-state index is 0.179. The van der Waals surface area contributed by atoms with E-state index in [0.717, 1.165) is 115 Å². The molecule has 272 valence electrons. The van der Waals surface area contributed by atoms with Crippen LogP contribution in [0.15, 0.2) is 54.1 Å². The largest absolute Gasteiger partial charge is 0.478 e. The van der Waals surface area contributed by atoms with E-state index in [2.05, 4.69) is 38.7 Å². The second kappa shape index (κ2) is 15.6. The average Bonchev–Trinajstić information content (AvgIpc) is 3.09. The van der Waals surface area contributed by atoms with Gasteiger partial charge in [-0.1, -0.05) is 36.2 Å². The molecular weight excluding hydrogens is 650 g/mol. The molecule has 0 spiro atoms. The Morgan fingerprint density at radius 3 is 2.08 bits per heavy atom. The SMILES string of the molecule is CC1(CN2CCN(C3CCN(C(=O)OC(C)(C)C)CC3)CC2)CCC(c2ccc(Cl)cc2)=C(CN2CCN(c3ccc(C(=O)O)cc3)CC2)C1. The maximum atomic E-state index is 12.6. The number of amides is 1. The van der Waals surface area contributed by atoms with E-state index in [9.17, 15) is 14.7 Å². The number of piperidine rings is 1. The molecule has 1 N–H and O–H groups in total. The van der Waals surface area contributed by atoms with Crippen molar-refractivity contribution in [3.8, 4) is 0 Å². The van der Waals surface area contributed by atoms with Crippen LogP contribution in [0, 0.1) is 5.41 Å². The molecule has 0 radical (unpaired) electrons. The van der Waals surface area contributed by atoms with Crippen LogP contribution in [0.1, 0.15) is 75.7 Å². The highest BCUT2D eigenvalue weighted by molar-refractivity contribution is 6.30. The van der Waals surface area contributed by atoms with E-state index in [4.69, 9.17) is 16.3 Å². The molecule has 6 rings (SSSR count).